The second kappa shape index (κ2) is 7.77. The van der Waals surface area contributed by atoms with Crippen LogP contribution < -0.4 is 4.74 Å². The van der Waals surface area contributed by atoms with Crippen molar-refractivity contribution < 1.29 is 29.0 Å². The summed E-state index contributed by atoms with van der Waals surface area (Å²) in [5, 5.41) is 11.0. The lowest BCUT2D eigenvalue weighted by atomic mass is 9.59. The van der Waals surface area contributed by atoms with E-state index in [9.17, 15) is 24.3 Å². The summed E-state index contributed by atoms with van der Waals surface area (Å²) in [7, 11) is 2.91. The lowest BCUT2D eigenvalue weighted by molar-refractivity contribution is -0.138. The van der Waals surface area contributed by atoms with Crippen molar-refractivity contribution in [2.24, 2.45) is 17.8 Å². The van der Waals surface area contributed by atoms with Gasteiger partial charge < -0.3 is 9.84 Å². The van der Waals surface area contributed by atoms with Crippen LogP contribution in [0.2, 0.25) is 0 Å². The van der Waals surface area contributed by atoms with Gasteiger partial charge in [0.05, 0.1) is 23.4 Å². The molecule has 33 heavy (non-hydrogen) atoms. The normalized spacial score (nSPS) is 28.9. The molecule has 4 aliphatic rings. The molecule has 1 aromatic carbocycles. The molecule has 7 nitrogen and oxygen atoms in total. The maximum Gasteiger partial charge on any atom is 0.233 e. The monoisotopic (exact) mass is 575 g/mol. The molecule has 1 fully saturated rings. The molecule has 0 aromatic heterocycles. The van der Waals surface area contributed by atoms with Crippen LogP contribution in [0.5, 0.6) is 11.5 Å². The van der Waals surface area contributed by atoms with Gasteiger partial charge in [0.2, 0.25) is 11.8 Å². The number of allylic oxidation sites excluding steroid dienone is 6. The Labute approximate surface area is 206 Å². The highest BCUT2D eigenvalue weighted by molar-refractivity contribution is 9.12. The molecule has 9 heteroatoms. The van der Waals surface area contributed by atoms with Gasteiger partial charge in [-0.05, 0) is 46.8 Å². The number of benzene rings is 1. The second-order valence-electron chi connectivity index (χ2n) is 8.67. The van der Waals surface area contributed by atoms with E-state index in [1.807, 2.05) is 6.08 Å². The Bertz CT molecular complexity index is 1260. The average molecular weight is 577 g/mol. The number of likely N-dealkylation sites (tertiary alicyclic amines) is 1. The van der Waals surface area contributed by atoms with Crippen LogP contribution >= 0.6 is 31.9 Å². The SMILES string of the molecule is COc1cc(Br)cc(C2C3=CCC4C(=O)N(C)C(=O)C4C3CC3=C2C(=O)C=C(Br)C3=O)c1O. The van der Waals surface area contributed by atoms with Crippen LogP contribution in [0.25, 0.3) is 0 Å². The number of amides is 2. The number of nitrogens with zero attached hydrogens (tertiary/aromatic N) is 1. The number of phenolic OH excluding ortho intramolecular Hbond substituents is 1. The van der Waals surface area contributed by atoms with Crippen molar-refractivity contribution in [3.63, 3.8) is 0 Å². The Kier molecular flexibility index (Phi) is 5.25. The van der Waals surface area contributed by atoms with E-state index in [4.69, 9.17) is 4.74 Å². The number of methoxy groups -OCH3 is 1. The molecule has 0 bridgehead atoms. The molecule has 2 amide bonds. The van der Waals surface area contributed by atoms with Gasteiger partial charge in [-0.3, -0.25) is 24.1 Å². The molecule has 1 heterocycles. The molecule has 5 rings (SSSR count). The first kappa shape index (κ1) is 22.3. The van der Waals surface area contributed by atoms with Crippen LogP contribution in [-0.2, 0) is 19.2 Å². The maximum absolute atomic E-state index is 13.2. The number of ether oxygens (including phenoxy) is 1. The van der Waals surface area contributed by atoms with Gasteiger partial charge in [0, 0.05) is 40.2 Å². The van der Waals surface area contributed by atoms with E-state index in [1.165, 1.54) is 20.2 Å². The van der Waals surface area contributed by atoms with Crippen LogP contribution in [0, 0.1) is 17.8 Å². The standard InChI is InChI=1S/C24H19Br2NO6/c1-27-23(31)11-4-3-10-12(19(11)24(27)32)7-14-20(16(28)8-15(26)21(14)29)18(10)13-5-9(25)6-17(33-2)22(13)30/h3,5-6,8,11-12,18-19,30H,4,7H2,1-2H3. The highest BCUT2D eigenvalue weighted by atomic mass is 79.9. The summed E-state index contributed by atoms with van der Waals surface area (Å²) in [4.78, 5) is 53.2. The first-order chi connectivity index (χ1) is 15.6. The second-order valence-corrected chi connectivity index (χ2v) is 10.4. The minimum absolute atomic E-state index is 0.138. The van der Waals surface area contributed by atoms with Crippen molar-refractivity contribution in [2.45, 2.75) is 18.8 Å². The number of carbonyl (C=O) groups excluding carboxylic acids is 4. The number of Topliss-reactive ketones (excluding diaryl/α,β-unsaturated/α-hetero) is 1. The Morgan fingerprint density at radius 1 is 1.09 bits per heavy atom. The minimum Gasteiger partial charge on any atom is -0.504 e. The Morgan fingerprint density at radius 2 is 1.82 bits per heavy atom. The van der Waals surface area contributed by atoms with Gasteiger partial charge in [0.25, 0.3) is 0 Å². The summed E-state index contributed by atoms with van der Waals surface area (Å²) in [5.41, 5.74) is 1.79. The molecular formula is C24H19Br2NO6. The minimum atomic E-state index is -0.742. The summed E-state index contributed by atoms with van der Waals surface area (Å²) in [5.74, 6) is -3.34. The number of fused-ring (bicyclic) bond motifs is 3. The Morgan fingerprint density at radius 3 is 2.52 bits per heavy atom. The maximum atomic E-state index is 13.2. The number of rotatable bonds is 2. The number of hydrogen-bond acceptors (Lipinski definition) is 6. The van der Waals surface area contributed by atoms with Crippen molar-refractivity contribution in [2.75, 3.05) is 14.2 Å². The Balaban J connectivity index is 1.76. The zero-order valence-electron chi connectivity index (χ0n) is 17.7. The van der Waals surface area contributed by atoms with Gasteiger partial charge in [0.1, 0.15) is 0 Å². The van der Waals surface area contributed by atoms with Crippen molar-refractivity contribution in [1.29, 1.82) is 0 Å². The predicted octanol–water partition coefficient (Wildman–Crippen LogP) is 3.56. The van der Waals surface area contributed by atoms with Crippen molar-refractivity contribution in [1.82, 2.24) is 4.90 Å². The third-order valence-corrected chi connectivity index (χ3v) is 8.20. The van der Waals surface area contributed by atoms with Crippen molar-refractivity contribution in [3.8, 4) is 11.5 Å². The molecule has 4 atom stereocenters. The van der Waals surface area contributed by atoms with Crippen LogP contribution in [0.4, 0.5) is 0 Å². The van der Waals surface area contributed by atoms with Crippen molar-refractivity contribution >= 4 is 55.2 Å². The smallest absolute Gasteiger partial charge is 0.233 e. The molecule has 1 aliphatic heterocycles. The molecule has 170 valence electrons. The largest absolute Gasteiger partial charge is 0.504 e. The lowest BCUT2D eigenvalue weighted by Gasteiger charge is -2.42. The third-order valence-electron chi connectivity index (χ3n) is 7.15. The summed E-state index contributed by atoms with van der Waals surface area (Å²) in [6.07, 6.45) is 3.71. The molecule has 1 aromatic rings. The fraction of sp³-hybridized carbons (Fsp3) is 0.333. The number of halogens is 2. The molecule has 1 saturated heterocycles. The first-order valence-corrected chi connectivity index (χ1v) is 12.0. The quantitative estimate of drug-likeness (QED) is 0.328. The zero-order valence-corrected chi connectivity index (χ0v) is 20.9. The molecular weight excluding hydrogens is 558 g/mol. The topological polar surface area (TPSA) is 101 Å². The molecule has 3 aliphatic carbocycles. The van der Waals surface area contributed by atoms with Crippen molar-refractivity contribution in [3.05, 3.63) is 55.5 Å². The fourth-order valence-corrected chi connectivity index (χ4v) is 6.59. The predicted molar refractivity (Wildman–Crippen MR) is 125 cm³/mol. The highest BCUT2D eigenvalue weighted by Gasteiger charge is 2.55. The van der Waals surface area contributed by atoms with Crippen LogP contribution in [0.3, 0.4) is 0 Å². The van der Waals surface area contributed by atoms with E-state index in [-0.39, 0.29) is 45.8 Å². The number of carbonyl (C=O) groups is 4. The van der Waals surface area contributed by atoms with Crippen LogP contribution in [0.1, 0.15) is 24.3 Å². The van der Waals surface area contributed by atoms with Gasteiger partial charge in [-0.1, -0.05) is 27.6 Å². The summed E-state index contributed by atoms with van der Waals surface area (Å²) in [6.45, 7) is 0. The van der Waals surface area contributed by atoms with Gasteiger partial charge in [-0.2, -0.15) is 0 Å². The molecule has 4 unspecified atom stereocenters. The van der Waals surface area contributed by atoms with Gasteiger partial charge >= 0.3 is 0 Å². The van der Waals surface area contributed by atoms with E-state index in [2.05, 4.69) is 31.9 Å². The number of aromatic hydroxyl groups is 1. The summed E-state index contributed by atoms with van der Waals surface area (Å²) >= 11 is 6.63. The number of hydrogen-bond donors (Lipinski definition) is 1. The van der Waals surface area contributed by atoms with Crippen LogP contribution in [-0.4, -0.2) is 47.5 Å². The fourth-order valence-electron chi connectivity index (χ4n) is 5.69. The highest BCUT2D eigenvalue weighted by Crippen LogP contribution is 2.57. The van der Waals surface area contributed by atoms with E-state index in [0.29, 0.717) is 27.6 Å². The van der Waals surface area contributed by atoms with E-state index < -0.39 is 23.7 Å². The zero-order chi connectivity index (χ0) is 23.8. The molecule has 1 N–H and O–H groups in total. The average Bonchev–Trinajstić information content (AvgIpc) is 3.01. The lowest BCUT2D eigenvalue weighted by Crippen LogP contribution is -2.39. The Hall–Kier alpha value is -2.52. The van der Waals surface area contributed by atoms with E-state index in [0.717, 1.165) is 10.5 Å². The molecule has 0 radical (unpaired) electrons. The number of imide groups is 1. The molecule has 0 saturated carbocycles. The first-order valence-electron chi connectivity index (χ1n) is 10.4. The summed E-state index contributed by atoms with van der Waals surface area (Å²) < 4.78 is 6.10. The van der Waals surface area contributed by atoms with Gasteiger partial charge in [-0.15, -0.1) is 0 Å². The number of ketones is 2. The summed E-state index contributed by atoms with van der Waals surface area (Å²) in [6, 6.07) is 3.31. The van der Waals surface area contributed by atoms with Gasteiger partial charge in [0.15, 0.2) is 23.1 Å². The molecule has 0 spiro atoms. The number of phenols is 1. The van der Waals surface area contributed by atoms with E-state index >= 15 is 0 Å². The van der Waals surface area contributed by atoms with E-state index in [1.54, 1.807) is 12.1 Å². The van der Waals surface area contributed by atoms with Gasteiger partial charge in [-0.25, -0.2) is 0 Å². The van der Waals surface area contributed by atoms with Crippen LogP contribution in [0.15, 0.2) is 50.0 Å². The third kappa shape index (κ3) is 3.12.